The second kappa shape index (κ2) is 10.7. The largest absolute Gasteiger partial charge is 0.335 e. The first-order valence-corrected chi connectivity index (χ1v) is 11.1. The predicted octanol–water partition coefficient (Wildman–Crippen LogP) is 6.63. The number of halogens is 1. The minimum absolute atomic E-state index is 0. The van der Waals surface area contributed by atoms with Crippen LogP contribution < -0.4 is 10.2 Å². The first-order valence-electron chi connectivity index (χ1n) is 9.34. The topological polar surface area (TPSA) is 61.8 Å². The summed E-state index contributed by atoms with van der Waals surface area (Å²) >= 11 is 2.26. The molecule has 3 aromatic carbocycles. The van der Waals surface area contributed by atoms with Gasteiger partial charge in [0, 0.05) is 5.69 Å². The molecule has 0 aliphatic carbocycles. The van der Waals surface area contributed by atoms with E-state index in [-0.39, 0.29) is 28.1 Å². The summed E-state index contributed by atoms with van der Waals surface area (Å²) in [4.78, 5) is 31.6. The molecule has 8 heteroatoms. The Morgan fingerprint density at radius 1 is 0.968 bits per heavy atom. The molecule has 1 N–H and O–H groups in total. The average molecular weight is 514 g/mol. The minimum Gasteiger partial charge on any atom is -0.335 e. The number of carbonyl (C=O) groups excluding carboxylic acids is 2. The van der Waals surface area contributed by atoms with Crippen LogP contribution in [0.4, 0.5) is 21.9 Å². The van der Waals surface area contributed by atoms with Crippen molar-refractivity contribution in [1.82, 2.24) is 0 Å². The van der Waals surface area contributed by atoms with Crippen LogP contribution in [-0.4, -0.2) is 20.9 Å². The number of aliphatic imine (C=N–C) groups is 1. The first-order chi connectivity index (χ1) is 14.6. The van der Waals surface area contributed by atoms with E-state index in [1.54, 1.807) is 6.07 Å². The maximum absolute atomic E-state index is 13.0. The molecule has 4 rings (SSSR count). The van der Waals surface area contributed by atoms with Gasteiger partial charge in [0.15, 0.2) is 5.17 Å². The molecule has 0 saturated carbocycles. The standard InChI is InChI=1S/C23H19N3O2S2.BrH/c1-16-9-8-14-19(15-16)26-20(27)21(30-23(26)28)29-22(24-17-10-4-2-5-11-17)25-18-12-6-3-7-13-18;/h2-15,21H,1H3,(H,24,25);1H. The molecule has 0 radical (unpaired) electrons. The van der Waals surface area contributed by atoms with Gasteiger partial charge in [-0.2, -0.15) is 0 Å². The molecule has 1 aliphatic heterocycles. The molecule has 1 unspecified atom stereocenters. The molecule has 1 saturated heterocycles. The second-order valence-corrected chi connectivity index (χ2v) is 9.04. The molecular formula is C23H20BrN3O2S2. The van der Waals surface area contributed by atoms with Crippen molar-refractivity contribution in [1.29, 1.82) is 0 Å². The molecule has 3 aromatic rings. The van der Waals surface area contributed by atoms with Crippen molar-refractivity contribution in [3.8, 4) is 0 Å². The van der Waals surface area contributed by atoms with Crippen LogP contribution in [0.5, 0.6) is 0 Å². The summed E-state index contributed by atoms with van der Waals surface area (Å²) in [7, 11) is 0. The quantitative estimate of drug-likeness (QED) is 0.313. The van der Waals surface area contributed by atoms with E-state index in [0.29, 0.717) is 10.9 Å². The number of para-hydroxylation sites is 2. The van der Waals surface area contributed by atoms with Gasteiger partial charge in [-0.25, -0.2) is 9.89 Å². The summed E-state index contributed by atoms with van der Waals surface area (Å²) in [5.74, 6) is -0.253. The van der Waals surface area contributed by atoms with Crippen LogP contribution in [0.3, 0.4) is 0 Å². The van der Waals surface area contributed by atoms with Crippen LogP contribution in [0.15, 0.2) is 89.9 Å². The molecular weight excluding hydrogens is 494 g/mol. The van der Waals surface area contributed by atoms with Crippen molar-refractivity contribution in [2.24, 2.45) is 4.99 Å². The Morgan fingerprint density at radius 3 is 2.32 bits per heavy atom. The number of hydrogen-bond acceptors (Lipinski definition) is 5. The van der Waals surface area contributed by atoms with Crippen LogP contribution in [0.25, 0.3) is 0 Å². The van der Waals surface area contributed by atoms with Gasteiger partial charge in [-0.3, -0.25) is 9.59 Å². The van der Waals surface area contributed by atoms with Gasteiger partial charge >= 0.3 is 0 Å². The third-order valence-corrected chi connectivity index (χ3v) is 6.51. The molecule has 1 heterocycles. The number of aryl methyl sites for hydroxylation is 1. The molecule has 1 atom stereocenters. The monoisotopic (exact) mass is 513 g/mol. The number of benzene rings is 3. The third kappa shape index (κ3) is 5.78. The first kappa shape index (κ1) is 23.1. The number of hydrogen-bond donors (Lipinski definition) is 1. The minimum atomic E-state index is -0.614. The number of imide groups is 1. The van der Waals surface area contributed by atoms with Crippen molar-refractivity contribution in [2.45, 2.75) is 11.5 Å². The molecule has 5 nitrogen and oxygen atoms in total. The Morgan fingerprint density at radius 2 is 1.65 bits per heavy atom. The van der Waals surface area contributed by atoms with Gasteiger partial charge in [0.1, 0.15) is 4.58 Å². The van der Waals surface area contributed by atoms with E-state index >= 15 is 0 Å². The Balaban J connectivity index is 0.00000272. The lowest BCUT2D eigenvalue weighted by Gasteiger charge is -2.15. The molecule has 0 aromatic heterocycles. The number of carbonyl (C=O) groups is 2. The number of nitrogens with zero attached hydrogens (tertiary/aromatic N) is 2. The van der Waals surface area contributed by atoms with Crippen molar-refractivity contribution >= 4 is 73.9 Å². The average Bonchev–Trinajstić information content (AvgIpc) is 3.02. The Bertz CT molecular complexity index is 1090. The maximum Gasteiger partial charge on any atom is 0.294 e. The van der Waals surface area contributed by atoms with Gasteiger partial charge < -0.3 is 5.32 Å². The molecule has 0 bridgehead atoms. The Kier molecular flexibility index (Phi) is 7.95. The van der Waals surface area contributed by atoms with Crippen molar-refractivity contribution in [3.63, 3.8) is 0 Å². The number of amides is 2. The van der Waals surface area contributed by atoms with Gasteiger partial charge in [-0.1, -0.05) is 60.3 Å². The van der Waals surface area contributed by atoms with E-state index in [0.717, 1.165) is 28.7 Å². The highest BCUT2D eigenvalue weighted by Gasteiger charge is 2.42. The normalized spacial score (nSPS) is 16.2. The van der Waals surface area contributed by atoms with E-state index in [1.807, 2.05) is 85.8 Å². The number of thioether (sulfide) groups is 2. The zero-order chi connectivity index (χ0) is 20.9. The van der Waals surface area contributed by atoms with Crippen LogP contribution in [0.2, 0.25) is 0 Å². The van der Waals surface area contributed by atoms with Crippen LogP contribution in [0, 0.1) is 6.92 Å². The van der Waals surface area contributed by atoms with E-state index < -0.39 is 4.58 Å². The number of amidine groups is 1. The fraction of sp³-hybridized carbons (Fsp3) is 0.0870. The fourth-order valence-corrected chi connectivity index (χ4v) is 5.06. The number of anilines is 2. The second-order valence-electron chi connectivity index (χ2n) is 6.59. The summed E-state index contributed by atoms with van der Waals surface area (Å²) in [5.41, 5.74) is 3.21. The number of nitrogens with one attached hydrogen (secondary N) is 1. The number of rotatable bonds is 4. The van der Waals surface area contributed by atoms with Gasteiger partial charge in [-0.05, 0) is 60.6 Å². The lowest BCUT2D eigenvalue weighted by Crippen LogP contribution is -2.31. The molecule has 1 fully saturated rings. The molecule has 0 spiro atoms. The highest BCUT2D eigenvalue weighted by atomic mass is 79.9. The fourth-order valence-electron chi connectivity index (χ4n) is 2.91. The lowest BCUT2D eigenvalue weighted by molar-refractivity contribution is -0.115. The van der Waals surface area contributed by atoms with E-state index in [1.165, 1.54) is 16.7 Å². The third-order valence-electron chi connectivity index (χ3n) is 4.30. The highest BCUT2D eigenvalue weighted by molar-refractivity contribution is 8.93. The summed E-state index contributed by atoms with van der Waals surface area (Å²) in [6.07, 6.45) is 0. The molecule has 158 valence electrons. The van der Waals surface area contributed by atoms with Gasteiger partial charge in [0.05, 0.1) is 11.4 Å². The molecule has 1 aliphatic rings. The van der Waals surface area contributed by atoms with Crippen LogP contribution in [-0.2, 0) is 4.79 Å². The van der Waals surface area contributed by atoms with E-state index in [2.05, 4.69) is 10.3 Å². The van der Waals surface area contributed by atoms with Crippen molar-refractivity contribution < 1.29 is 9.59 Å². The van der Waals surface area contributed by atoms with Gasteiger partial charge in [-0.15, -0.1) is 17.0 Å². The zero-order valence-electron chi connectivity index (χ0n) is 16.6. The summed E-state index contributed by atoms with van der Waals surface area (Å²) in [6, 6.07) is 26.5. The van der Waals surface area contributed by atoms with E-state index in [9.17, 15) is 9.59 Å². The zero-order valence-corrected chi connectivity index (χ0v) is 19.9. The Hall–Kier alpha value is -2.55. The lowest BCUT2D eigenvalue weighted by atomic mass is 10.2. The summed E-state index contributed by atoms with van der Waals surface area (Å²) in [5, 5.41) is 3.55. The van der Waals surface area contributed by atoms with Gasteiger partial charge in [0.2, 0.25) is 0 Å². The maximum atomic E-state index is 13.0. The van der Waals surface area contributed by atoms with Crippen LogP contribution >= 0.6 is 40.5 Å². The predicted molar refractivity (Wildman–Crippen MR) is 137 cm³/mol. The molecule has 2 amide bonds. The summed E-state index contributed by atoms with van der Waals surface area (Å²) in [6.45, 7) is 1.93. The van der Waals surface area contributed by atoms with E-state index in [4.69, 9.17) is 0 Å². The van der Waals surface area contributed by atoms with Crippen LogP contribution in [0.1, 0.15) is 5.56 Å². The van der Waals surface area contributed by atoms with Crippen molar-refractivity contribution in [2.75, 3.05) is 10.2 Å². The molecule has 31 heavy (non-hydrogen) atoms. The SMILES string of the molecule is Br.Cc1cccc(N2C(=O)SC(SC(=Nc3ccccc3)Nc3ccccc3)C2=O)c1. The van der Waals surface area contributed by atoms with Gasteiger partial charge in [0.25, 0.3) is 11.1 Å². The summed E-state index contributed by atoms with van der Waals surface area (Å²) < 4.78 is -0.614. The highest BCUT2D eigenvalue weighted by Crippen LogP contribution is 2.38. The van der Waals surface area contributed by atoms with Crippen molar-refractivity contribution in [3.05, 3.63) is 90.5 Å². The smallest absolute Gasteiger partial charge is 0.294 e. The Labute approximate surface area is 200 Å².